The molecule has 86 valence electrons. The second-order valence-corrected chi connectivity index (χ2v) is 4.54. The first kappa shape index (κ1) is 11.1. The molecule has 3 heteroatoms. The average molecular weight is 219 g/mol. The van der Waals surface area contributed by atoms with Crippen molar-refractivity contribution in [3.8, 4) is 0 Å². The Bertz CT molecular complexity index is 385. The Morgan fingerprint density at radius 2 is 2.12 bits per heavy atom. The molecule has 0 bridgehead atoms. The lowest BCUT2D eigenvalue weighted by Gasteiger charge is -2.16. The van der Waals surface area contributed by atoms with E-state index in [1.54, 1.807) is 0 Å². The summed E-state index contributed by atoms with van der Waals surface area (Å²) in [6, 6.07) is 8.36. The Balaban J connectivity index is 2.05. The van der Waals surface area contributed by atoms with Crippen LogP contribution in [0.5, 0.6) is 0 Å². The Morgan fingerprint density at radius 1 is 1.44 bits per heavy atom. The number of carboxylic acid groups (broad SMARTS) is 1. The molecule has 16 heavy (non-hydrogen) atoms. The van der Waals surface area contributed by atoms with E-state index in [0.717, 1.165) is 12.5 Å². The van der Waals surface area contributed by atoms with Crippen LogP contribution in [-0.4, -0.2) is 29.6 Å². The second-order valence-electron chi connectivity index (χ2n) is 4.54. The molecule has 1 fully saturated rings. The van der Waals surface area contributed by atoms with Gasteiger partial charge in [0.1, 0.15) is 0 Å². The fourth-order valence-corrected chi connectivity index (χ4v) is 2.05. The van der Waals surface area contributed by atoms with Crippen molar-refractivity contribution in [2.24, 2.45) is 0 Å². The molecule has 1 saturated carbocycles. The van der Waals surface area contributed by atoms with Gasteiger partial charge in [-0.05, 0) is 36.9 Å². The lowest BCUT2D eigenvalue weighted by atomic mass is 10.0. The predicted molar refractivity (Wildman–Crippen MR) is 62.4 cm³/mol. The Hall–Kier alpha value is -1.35. The van der Waals surface area contributed by atoms with Crippen LogP contribution in [0.2, 0.25) is 0 Å². The summed E-state index contributed by atoms with van der Waals surface area (Å²) < 4.78 is 0. The lowest BCUT2D eigenvalue weighted by Crippen LogP contribution is -2.25. The molecule has 0 spiro atoms. The summed E-state index contributed by atoms with van der Waals surface area (Å²) in [5, 5.41) is 8.71. The number of nitrogens with zero attached hydrogens (tertiary/aromatic N) is 1. The quantitative estimate of drug-likeness (QED) is 0.824. The highest BCUT2D eigenvalue weighted by Crippen LogP contribution is 2.41. The van der Waals surface area contributed by atoms with Gasteiger partial charge in [0, 0.05) is 6.54 Å². The molecule has 0 radical (unpaired) electrons. The van der Waals surface area contributed by atoms with E-state index in [9.17, 15) is 4.79 Å². The van der Waals surface area contributed by atoms with Crippen molar-refractivity contribution in [2.45, 2.75) is 25.3 Å². The van der Waals surface area contributed by atoms with Crippen molar-refractivity contribution in [3.05, 3.63) is 35.4 Å². The first-order chi connectivity index (χ1) is 7.66. The molecule has 0 unspecified atom stereocenters. The van der Waals surface area contributed by atoms with Crippen LogP contribution in [-0.2, 0) is 11.3 Å². The molecule has 1 N–H and O–H groups in total. The van der Waals surface area contributed by atoms with Gasteiger partial charge in [0.2, 0.25) is 0 Å². The molecule has 0 heterocycles. The highest BCUT2D eigenvalue weighted by atomic mass is 16.4. The second kappa shape index (κ2) is 4.66. The van der Waals surface area contributed by atoms with Crippen LogP contribution >= 0.6 is 0 Å². The minimum absolute atomic E-state index is 0.0962. The van der Waals surface area contributed by atoms with Crippen LogP contribution in [0, 0.1) is 0 Å². The lowest BCUT2D eigenvalue weighted by molar-refractivity contribution is -0.138. The first-order valence-electron chi connectivity index (χ1n) is 5.65. The highest BCUT2D eigenvalue weighted by Gasteiger charge is 2.25. The zero-order valence-corrected chi connectivity index (χ0v) is 9.52. The zero-order valence-electron chi connectivity index (χ0n) is 9.52. The molecule has 1 aliphatic rings. The fourth-order valence-electron chi connectivity index (χ4n) is 2.05. The maximum Gasteiger partial charge on any atom is 0.317 e. The number of carbonyl (C=O) groups is 1. The van der Waals surface area contributed by atoms with Gasteiger partial charge in [-0.1, -0.05) is 24.3 Å². The van der Waals surface area contributed by atoms with Crippen LogP contribution in [0.3, 0.4) is 0 Å². The van der Waals surface area contributed by atoms with Crippen molar-refractivity contribution < 1.29 is 9.90 Å². The van der Waals surface area contributed by atoms with Gasteiger partial charge in [0.15, 0.2) is 0 Å². The van der Waals surface area contributed by atoms with Crippen LogP contribution in [0.25, 0.3) is 0 Å². The van der Waals surface area contributed by atoms with E-state index in [0.29, 0.717) is 0 Å². The summed E-state index contributed by atoms with van der Waals surface area (Å²) in [6.07, 6.45) is 2.55. The number of carboxylic acids is 1. The predicted octanol–water partition coefficient (Wildman–Crippen LogP) is 2.08. The van der Waals surface area contributed by atoms with Crippen molar-refractivity contribution in [2.75, 3.05) is 13.6 Å². The van der Waals surface area contributed by atoms with E-state index >= 15 is 0 Å². The van der Waals surface area contributed by atoms with Crippen LogP contribution in [0.1, 0.15) is 29.9 Å². The Morgan fingerprint density at radius 3 is 2.75 bits per heavy atom. The molecule has 1 aromatic carbocycles. The van der Waals surface area contributed by atoms with E-state index in [1.165, 1.54) is 24.0 Å². The number of benzene rings is 1. The van der Waals surface area contributed by atoms with E-state index in [2.05, 4.69) is 18.2 Å². The zero-order chi connectivity index (χ0) is 11.5. The van der Waals surface area contributed by atoms with Crippen molar-refractivity contribution in [1.82, 2.24) is 4.90 Å². The number of likely N-dealkylation sites (N-methyl/N-ethyl adjacent to an activating group) is 1. The van der Waals surface area contributed by atoms with Crippen molar-refractivity contribution >= 4 is 5.97 Å². The van der Waals surface area contributed by atoms with Gasteiger partial charge in [-0.25, -0.2) is 0 Å². The SMILES string of the molecule is CN(CC(=O)O)Cc1ccccc1C1CC1. The first-order valence-corrected chi connectivity index (χ1v) is 5.65. The van der Waals surface area contributed by atoms with Gasteiger partial charge in [-0.2, -0.15) is 0 Å². The topological polar surface area (TPSA) is 40.5 Å². The van der Waals surface area contributed by atoms with Crippen LogP contribution < -0.4 is 0 Å². The van der Waals surface area contributed by atoms with E-state index in [4.69, 9.17) is 5.11 Å². The van der Waals surface area contributed by atoms with Gasteiger partial charge in [0.05, 0.1) is 6.54 Å². The van der Waals surface area contributed by atoms with E-state index < -0.39 is 5.97 Å². The molecular formula is C13H17NO2. The summed E-state index contributed by atoms with van der Waals surface area (Å²) in [4.78, 5) is 12.4. The monoisotopic (exact) mass is 219 g/mol. The van der Waals surface area contributed by atoms with E-state index in [1.807, 2.05) is 18.0 Å². The molecule has 0 amide bonds. The van der Waals surface area contributed by atoms with Gasteiger partial charge in [-0.15, -0.1) is 0 Å². The third-order valence-corrected chi connectivity index (χ3v) is 2.92. The van der Waals surface area contributed by atoms with Gasteiger partial charge < -0.3 is 5.11 Å². The summed E-state index contributed by atoms with van der Waals surface area (Å²) in [6.45, 7) is 0.817. The number of hydrogen-bond donors (Lipinski definition) is 1. The number of aliphatic carboxylic acids is 1. The van der Waals surface area contributed by atoms with Crippen molar-refractivity contribution in [3.63, 3.8) is 0 Å². The number of hydrogen-bond acceptors (Lipinski definition) is 2. The van der Waals surface area contributed by atoms with E-state index in [-0.39, 0.29) is 6.54 Å². The van der Waals surface area contributed by atoms with Crippen LogP contribution in [0.15, 0.2) is 24.3 Å². The summed E-state index contributed by atoms with van der Waals surface area (Å²) in [5.74, 6) is -0.0548. The number of rotatable bonds is 5. The molecule has 1 aliphatic carbocycles. The summed E-state index contributed by atoms with van der Waals surface area (Å²) in [7, 11) is 1.85. The van der Waals surface area contributed by atoms with Crippen molar-refractivity contribution in [1.29, 1.82) is 0 Å². The summed E-state index contributed by atoms with van der Waals surface area (Å²) >= 11 is 0. The fraction of sp³-hybridized carbons (Fsp3) is 0.462. The molecule has 3 nitrogen and oxygen atoms in total. The van der Waals surface area contributed by atoms with Gasteiger partial charge in [0.25, 0.3) is 0 Å². The molecule has 0 aliphatic heterocycles. The minimum Gasteiger partial charge on any atom is -0.480 e. The smallest absolute Gasteiger partial charge is 0.317 e. The highest BCUT2D eigenvalue weighted by molar-refractivity contribution is 5.69. The van der Waals surface area contributed by atoms with Gasteiger partial charge in [-0.3, -0.25) is 9.69 Å². The molecular weight excluding hydrogens is 202 g/mol. The molecule has 0 saturated heterocycles. The van der Waals surface area contributed by atoms with Gasteiger partial charge >= 0.3 is 5.97 Å². The maximum atomic E-state index is 10.6. The normalized spacial score (nSPS) is 15.4. The molecule has 0 atom stereocenters. The third-order valence-electron chi connectivity index (χ3n) is 2.92. The van der Waals surface area contributed by atoms with Crippen LogP contribution in [0.4, 0.5) is 0 Å². The molecule has 1 aromatic rings. The Labute approximate surface area is 95.7 Å². The largest absolute Gasteiger partial charge is 0.480 e. The maximum absolute atomic E-state index is 10.6. The third kappa shape index (κ3) is 2.83. The standard InChI is InChI=1S/C13H17NO2/c1-14(9-13(15)16)8-11-4-2-3-5-12(11)10-6-7-10/h2-5,10H,6-9H2,1H3,(H,15,16). The average Bonchev–Trinajstić information content (AvgIpc) is 3.00. The molecule has 2 rings (SSSR count). The minimum atomic E-state index is -0.772. The Kier molecular flexibility index (Phi) is 3.25. The summed E-state index contributed by atoms with van der Waals surface area (Å²) in [5.41, 5.74) is 2.67. The molecule has 0 aromatic heterocycles.